The standard InChI is InChI=1S/C22H21N3O5S2/c26-20(16-7-4-8-18(14-16)32(29,30)24-17-9-10-17)23-11-12-25-21(27)19(31-22(25)28)13-15-5-2-1-3-6-15/h1-8,13-14,17,24H,9-12H2,(H,23,26)/b19-13-. The van der Waals surface area contributed by atoms with E-state index in [2.05, 4.69) is 10.0 Å². The van der Waals surface area contributed by atoms with Crippen molar-refractivity contribution in [1.29, 1.82) is 0 Å². The molecule has 0 aromatic heterocycles. The average Bonchev–Trinajstić information content (AvgIpc) is 3.55. The zero-order valence-electron chi connectivity index (χ0n) is 17.0. The van der Waals surface area contributed by atoms with Crippen molar-refractivity contribution in [2.75, 3.05) is 13.1 Å². The van der Waals surface area contributed by atoms with E-state index >= 15 is 0 Å². The minimum atomic E-state index is -3.67. The number of hydrogen-bond acceptors (Lipinski definition) is 6. The summed E-state index contributed by atoms with van der Waals surface area (Å²) in [6.07, 6.45) is 3.28. The lowest BCUT2D eigenvalue weighted by atomic mass is 10.2. The van der Waals surface area contributed by atoms with Crippen LogP contribution in [0.2, 0.25) is 0 Å². The van der Waals surface area contributed by atoms with Gasteiger partial charge in [0.25, 0.3) is 17.1 Å². The van der Waals surface area contributed by atoms with Gasteiger partial charge in [0.1, 0.15) is 0 Å². The minimum Gasteiger partial charge on any atom is -0.350 e. The maximum absolute atomic E-state index is 12.5. The Labute approximate surface area is 190 Å². The van der Waals surface area contributed by atoms with Gasteiger partial charge in [-0.25, -0.2) is 13.1 Å². The summed E-state index contributed by atoms with van der Waals surface area (Å²) < 4.78 is 27.3. The van der Waals surface area contributed by atoms with Crippen molar-refractivity contribution >= 4 is 44.9 Å². The highest BCUT2D eigenvalue weighted by molar-refractivity contribution is 8.18. The molecule has 2 aromatic rings. The van der Waals surface area contributed by atoms with E-state index < -0.39 is 27.1 Å². The summed E-state index contributed by atoms with van der Waals surface area (Å²) in [5, 5.41) is 2.24. The molecule has 3 amide bonds. The van der Waals surface area contributed by atoms with Crippen molar-refractivity contribution in [2.24, 2.45) is 0 Å². The largest absolute Gasteiger partial charge is 0.350 e. The summed E-state index contributed by atoms with van der Waals surface area (Å²) in [4.78, 5) is 38.7. The summed E-state index contributed by atoms with van der Waals surface area (Å²) in [5.41, 5.74) is 0.999. The van der Waals surface area contributed by atoms with E-state index in [0.717, 1.165) is 35.1 Å². The molecule has 0 spiro atoms. The fourth-order valence-electron chi connectivity index (χ4n) is 3.07. The van der Waals surface area contributed by atoms with Crippen LogP contribution in [0.25, 0.3) is 6.08 Å². The number of carbonyl (C=O) groups excluding carboxylic acids is 3. The second-order valence-electron chi connectivity index (χ2n) is 7.42. The monoisotopic (exact) mass is 471 g/mol. The molecule has 2 fully saturated rings. The third kappa shape index (κ3) is 5.26. The molecular formula is C22H21N3O5S2. The predicted molar refractivity (Wildman–Crippen MR) is 121 cm³/mol. The van der Waals surface area contributed by atoms with Crippen LogP contribution in [0.1, 0.15) is 28.8 Å². The molecule has 2 N–H and O–H groups in total. The van der Waals surface area contributed by atoms with Crippen molar-refractivity contribution in [2.45, 2.75) is 23.8 Å². The zero-order valence-corrected chi connectivity index (χ0v) is 18.6. The first-order valence-corrected chi connectivity index (χ1v) is 12.3. The average molecular weight is 472 g/mol. The highest BCUT2D eigenvalue weighted by atomic mass is 32.2. The van der Waals surface area contributed by atoms with E-state index in [4.69, 9.17) is 0 Å². The van der Waals surface area contributed by atoms with Crippen LogP contribution in [0, 0.1) is 0 Å². The summed E-state index contributed by atoms with van der Waals surface area (Å²) in [6, 6.07) is 14.9. The van der Waals surface area contributed by atoms with Crippen LogP contribution in [-0.4, -0.2) is 49.5 Å². The molecule has 1 heterocycles. The number of sulfonamides is 1. The molecule has 0 bridgehead atoms. The topological polar surface area (TPSA) is 113 Å². The predicted octanol–water partition coefficient (Wildman–Crippen LogP) is 2.59. The van der Waals surface area contributed by atoms with Crippen LogP contribution < -0.4 is 10.0 Å². The molecule has 4 rings (SSSR count). The van der Waals surface area contributed by atoms with Crippen LogP contribution in [0.3, 0.4) is 0 Å². The van der Waals surface area contributed by atoms with Gasteiger partial charge in [-0.15, -0.1) is 0 Å². The van der Waals surface area contributed by atoms with E-state index in [0.29, 0.717) is 4.91 Å². The lowest BCUT2D eigenvalue weighted by molar-refractivity contribution is -0.122. The maximum atomic E-state index is 12.5. The molecule has 0 radical (unpaired) electrons. The second kappa shape index (κ2) is 9.27. The van der Waals surface area contributed by atoms with E-state index in [1.54, 1.807) is 6.08 Å². The Hall–Kier alpha value is -2.95. The highest BCUT2D eigenvalue weighted by Gasteiger charge is 2.34. The number of imide groups is 1. The molecule has 0 unspecified atom stereocenters. The van der Waals surface area contributed by atoms with E-state index in [9.17, 15) is 22.8 Å². The van der Waals surface area contributed by atoms with Crippen molar-refractivity contribution in [1.82, 2.24) is 14.9 Å². The van der Waals surface area contributed by atoms with Gasteiger partial charge in [0, 0.05) is 24.7 Å². The van der Waals surface area contributed by atoms with Crippen molar-refractivity contribution < 1.29 is 22.8 Å². The Morgan fingerprint density at radius 3 is 2.56 bits per heavy atom. The zero-order chi connectivity index (χ0) is 22.7. The Morgan fingerprint density at radius 1 is 1.09 bits per heavy atom. The van der Waals surface area contributed by atoms with Gasteiger partial charge < -0.3 is 5.32 Å². The number of nitrogens with one attached hydrogen (secondary N) is 2. The van der Waals surface area contributed by atoms with Gasteiger partial charge in [-0.1, -0.05) is 36.4 Å². The summed E-state index contributed by atoms with van der Waals surface area (Å²) in [5.74, 6) is -0.891. The first-order chi connectivity index (χ1) is 15.3. The lowest BCUT2D eigenvalue weighted by Gasteiger charge is -2.13. The number of benzene rings is 2. The summed E-state index contributed by atoms with van der Waals surface area (Å²) in [6.45, 7) is 0.0660. The van der Waals surface area contributed by atoms with E-state index in [-0.39, 0.29) is 29.6 Å². The fourth-order valence-corrected chi connectivity index (χ4v) is 5.29. The molecule has 1 saturated carbocycles. The van der Waals surface area contributed by atoms with E-state index in [1.165, 1.54) is 24.3 Å². The lowest BCUT2D eigenvalue weighted by Crippen LogP contribution is -2.37. The van der Waals surface area contributed by atoms with Crippen LogP contribution in [-0.2, 0) is 14.8 Å². The molecule has 1 saturated heterocycles. The Bertz CT molecular complexity index is 1190. The number of rotatable bonds is 8. The number of thioether (sulfide) groups is 1. The molecule has 10 heteroatoms. The van der Waals surface area contributed by atoms with Crippen molar-refractivity contribution in [3.05, 3.63) is 70.6 Å². The summed E-state index contributed by atoms with van der Waals surface area (Å²) in [7, 11) is -3.67. The maximum Gasteiger partial charge on any atom is 0.293 e. The highest BCUT2D eigenvalue weighted by Crippen LogP contribution is 2.31. The molecule has 2 aliphatic rings. The molecule has 2 aromatic carbocycles. The quantitative estimate of drug-likeness (QED) is 0.573. The van der Waals surface area contributed by atoms with Gasteiger partial charge >= 0.3 is 0 Å². The Balaban J connectivity index is 1.35. The number of nitrogens with zero attached hydrogens (tertiary/aromatic N) is 1. The summed E-state index contributed by atoms with van der Waals surface area (Å²) >= 11 is 0.859. The Kier molecular flexibility index (Phi) is 6.45. The Morgan fingerprint density at radius 2 is 1.84 bits per heavy atom. The molecule has 1 aliphatic heterocycles. The van der Waals surface area contributed by atoms with Crippen LogP contribution in [0.15, 0.2) is 64.4 Å². The molecule has 32 heavy (non-hydrogen) atoms. The van der Waals surface area contributed by atoms with Crippen LogP contribution in [0.4, 0.5) is 4.79 Å². The van der Waals surface area contributed by atoms with Gasteiger partial charge in [-0.3, -0.25) is 19.3 Å². The van der Waals surface area contributed by atoms with Gasteiger partial charge in [-0.05, 0) is 54.4 Å². The molecule has 0 atom stereocenters. The van der Waals surface area contributed by atoms with Crippen LogP contribution >= 0.6 is 11.8 Å². The first kappa shape index (κ1) is 22.3. The molecule has 8 nitrogen and oxygen atoms in total. The molecular weight excluding hydrogens is 450 g/mol. The van der Waals surface area contributed by atoms with Gasteiger partial charge in [0.15, 0.2) is 0 Å². The number of hydrogen-bond donors (Lipinski definition) is 2. The van der Waals surface area contributed by atoms with Crippen LogP contribution in [0.5, 0.6) is 0 Å². The van der Waals surface area contributed by atoms with Crippen molar-refractivity contribution in [3.8, 4) is 0 Å². The molecule has 1 aliphatic carbocycles. The van der Waals surface area contributed by atoms with Gasteiger partial charge in [0.05, 0.1) is 9.80 Å². The van der Waals surface area contributed by atoms with Gasteiger partial charge in [-0.2, -0.15) is 0 Å². The van der Waals surface area contributed by atoms with Gasteiger partial charge in [0.2, 0.25) is 10.0 Å². The van der Waals surface area contributed by atoms with E-state index in [1.807, 2.05) is 30.3 Å². The minimum absolute atomic E-state index is 0.0176. The first-order valence-electron chi connectivity index (χ1n) is 10.0. The number of amides is 3. The second-order valence-corrected chi connectivity index (χ2v) is 10.1. The molecule has 166 valence electrons. The smallest absolute Gasteiger partial charge is 0.293 e. The fraction of sp³-hybridized carbons (Fsp3) is 0.227. The normalized spacial score (nSPS) is 17.8. The number of carbonyl (C=O) groups is 3. The SMILES string of the molecule is O=C(NCCN1C(=O)S/C(=C\c2ccccc2)C1=O)c1cccc(S(=O)(=O)NC2CC2)c1. The van der Waals surface area contributed by atoms with Crippen molar-refractivity contribution in [3.63, 3.8) is 0 Å². The third-order valence-corrected chi connectivity index (χ3v) is 7.32. The third-order valence-electron chi connectivity index (χ3n) is 4.90.